The van der Waals surface area contributed by atoms with Crippen LogP contribution in [0.1, 0.15) is 11.1 Å². The first kappa shape index (κ1) is 22.4. The lowest BCUT2D eigenvalue weighted by molar-refractivity contribution is -0.137. The highest BCUT2D eigenvalue weighted by Gasteiger charge is 2.31. The Morgan fingerprint density at radius 1 is 1.21 bits per heavy atom. The molecule has 0 aliphatic heterocycles. The topological polar surface area (TPSA) is 91.0 Å². The summed E-state index contributed by atoms with van der Waals surface area (Å²) in [6.07, 6.45) is -3.86. The molecule has 0 radical (unpaired) electrons. The van der Waals surface area contributed by atoms with Crippen LogP contribution in [0, 0.1) is 0 Å². The van der Waals surface area contributed by atoms with Crippen LogP contribution < -0.4 is 25.3 Å². The fourth-order valence-electron chi connectivity index (χ4n) is 2.22. The van der Waals surface area contributed by atoms with Crippen molar-refractivity contribution in [1.29, 1.82) is 0 Å². The Bertz CT molecular complexity index is 863. The van der Waals surface area contributed by atoms with Crippen molar-refractivity contribution in [1.82, 2.24) is 10.3 Å². The highest BCUT2D eigenvalue weighted by Crippen LogP contribution is 2.33. The molecule has 2 aromatic rings. The third kappa shape index (κ3) is 6.60. The minimum absolute atomic E-state index is 0.0741. The number of aromatic nitrogens is 1. The molecule has 1 heterocycles. The van der Waals surface area contributed by atoms with Gasteiger partial charge in [0.15, 0.2) is 17.5 Å². The number of hydrogen-bond acceptors (Lipinski definition) is 5. The molecule has 0 spiro atoms. The Hall–Kier alpha value is -2.88. The summed E-state index contributed by atoms with van der Waals surface area (Å²) in [5.74, 6) is 1.28. The average molecular weight is 433 g/mol. The molecular weight excluding hydrogens is 413 g/mol. The van der Waals surface area contributed by atoms with Gasteiger partial charge in [-0.05, 0) is 23.8 Å². The number of methoxy groups -OCH3 is 2. The molecule has 11 heteroatoms. The molecule has 0 bridgehead atoms. The number of rotatable bonds is 8. The molecule has 0 fully saturated rings. The number of nitrogens with one attached hydrogen (secondary N) is 1. The van der Waals surface area contributed by atoms with Gasteiger partial charge in [0.25, 0.3) is 0 Å². The zero-order valence-electron chi connectivity index (χ0n) is 15.7. The standard InChI is InChI=1S/C18H20ClF3N4O3/c1-27-14-4-3-11(7-15(14)28-2)9-26-17(23)24-5-6-29-16-13(19)8-12(10-25-16)18(20,21)22/h3-4,7-8,10H,5-6,9H2,1-2H3,(H3,23,24,26). The number of pyridine rings is 1. The van der Waals surface area contributed by atoms with Crippen LogP contribution in [-0.2, 0) is 12.7 Å². The van der Waals surface area contributed by atoms with Crippen LogP contribution in [0.15, 0.2) is 35.5 Å². The second-order valence-corrected chi connectivity index (χ2v) is 6.08. The van der Waals surface area contributed by atoms with E-state index in [1.807, 2.05) is 6.07 Å². The smallest absolute Gasteiger partial charge is 0.417 e. The first-order valence-electron chi connectivity index (χ1n) is 8.34. The van der Waals surface area contributed by atoms with Crippen LogP contribution in [0.5, 0.6) is 17.4 Å². The summed E-state index contributed by atoms with van der Waals surface area (Å²) in [6.45, 7) is 0.636. The third-order valence-electron chi connectivity index (χ3n) is 3.66. The maximum Gasteiger partial charge on any atom is 0.417 e. The van der Waals surface area contributed by atoms with Crippen molar-refractivity contribution in [2.45, 2.75) is 12.7 Å². The van der Waals surface area contributed by atoms with Crippen molar-refractivity contribution in [3.63, 3.8) is 0 Å². The highest BCUT2D eigenvalue weighted by molar-refractivity contribution is 6.31. The normalized spacial score (nSPS) is 11.9. The SMILES string of the molecule is COc1ccc(CN=C(N)NCCOc2ncc(C(F)(F)F)cc2Cl)cc1OC. The summed E-state index contributed by atoms with van der Waals surface area (Å²) in [6, 6.07) is 6.15. The minimum Gasteiger partial charge on any atom is -0.493 e. The van der Waals surface area contributed by atoms with Crippen molar-refractivity contribution in [2.75, 3.05) is 27.4 Å². The molecule has 158 valence electrons. The molecule has 0 saturated heterocycles. The largest absolute Gasteiger partial charge is 0.493 e. The van der Waals surface area contributed by atoms with Gasteiger partial charge < -0.3 is 25.3 Å². The molecular formula is C18H20ClF3N4O3. The van der Waals surface area contributed by atoms with Gasteiger partial charge in [-0.25, -0.2) is 9.98 Å². The van der Waals surface area contributed by atoms with Gasteiger partial charge in [0.2, 0.25) is 5.88 Å². The van der Waals surface area contributed by atoms with Crippen molar-refractivity contribution in [2.24, 2.45) is 10.7 Å². The van der Waals surface area contributed by atoms with E-state index >= 15 is 0 Å². The number of aliphatic imine (C=N–C) groups is 1. The summed E-state index contributed by atoms with van der Waals surface area (Å²) in [5.41, 5.74) is 5.71. The molecule has 0 aliphatic carbocycles. The van der Waals surface area contributed by atoms with E-state index in [-0.39, 0.29) is 30.0 Å². The zero-order valence-corrected chi connectivity index (χ0v) is 16.5. The fourth-order valence-corrected chi connectivity index (χ4v) is 2.45. The zero-order chi connectivity index (χ0) is 21.4. The predicted molar refractivity (Wildman–Crippen MR) is 103 cm³/mol. The molecule has 7 nitrogen and oxygen atoms in total. The summed E-state index contributed by atoms with van der Waals surface area (Å²) < 4.78 is 53.4. The van der Waals surface area contributed by atoms with Gasteiger partial charge in [-0.3, -0.25) is 0 Å². The fraction of sp³-hybridized carbons (Fsp3) is 0.333. The number of guanidine groups is 1. The summed E-state index contributed by atoms with van der Waals surface area (Å²) >= 11 is 5.77. The molecule has 29 heavy (non-hydrogen) atoms. The number of hydrogen-bond donors (Lipinski definition) is 2. The summed E-state index contributed by atoms with van der Waals surface area (Å²) in [4.78, 5) is 7.77. The minimum atomic E-state index is -4.52. The monoisotopic (exact) mass is 432 g/mol. The summed E-state index contributed by atoms with van der Waals surface area (Å²) in [5, 5.41) is 2.60. The van der Waals surface area contributed by atoms with Crippen LogP contribution in [0.25, 0.3) is 0 Å². The number of benzene rings is 1. The van der Waals surface area contributed by atoms with Gasteiger partial charge in [-0.2, -0.15) is 13.2 Å². The lowest BCUT2D eigenvalue weighted by Crippen LogP contribution is -2.34. The predicted octanol–water partition coefficient (Wildman–Crippen LogP) is 3.25. The second-order valence-electron chi connectivity index (χ2n) is 5.67. The van der Waals surface area contributed by atoms with Crippen LogP contribution in [0.2, 0.25) is 5.02 Å². The van der Waals surface area contributed by atoms with Gasteiger partial charge in [0.05, 0.1) is 32.9 Å². The van der Waals surface area contributed by atoms with Crippen LogP contribution >= 0.6 is 11.6 Å². The Morgan fingerprint density at radius 3 is 2.55 bits per heavy atom. The summed E-state index contributed by atoms with van der Waals surface area (Å²) in [7, 11) is 3.09. The van der Waals surface area contributed by atoms with E-state index in [0.29, 0.717) is 24.2 Å². The number of halogens is 4. The molecule has 1 aromatic heterocycles. The average Bonchev–Trinajstić information content (AvgIpc) is 2.69. The van der Waals surface area contributed by atoms with E-state index in [2.05, 4.69) is 15.3 Å². The molecule has 0 aliphatic rings. The molecule has 0 atom stereocenters. The Labute approximate surface area is 170 Å². The van der Waals surface area contributed by atoms with Crippen LogP contribution in [0.3, 0.4) is 0 Å². The number of alkyl halides is 3. The van der Waals surface area contributed by atoms with Crippen molar-refractivity contribution >= 4 is 17.6 Å². The number of nitrogens with zero attached hydrogens (tertiary/aromatic N) is 2. The van der Waals surface area contributed by atoms with Crippen molar-refractivity contribution < 1.29 is 27.4 Å². The molecule has 3 N–H and O–H groups in total. The lowest BCUT2D eigenvalue weighted by Gasteiger charge is -2.11. The van der Waals surface area contributed by atoms with Gasteiger partial charge in [-0.15, -0.1) is 0 Å². The molecule has 2 rings (SSSR count). The quantitative estimate of drug-likeness (QED) is 0.378. The number of ether oxygens (including phenoxy) is 3. The van der Waals surface area contributed by atoms with E-state index in [0.717, 1.165) is 11.6 Å². The number of nitrogens with two attached hydrogens (primary N) is 1. The third-order valence-corrected chi connectivity index (χ3v) is 3.93. The van der Waals surface area contributed by atoms with E-state index in [1.165, 1.54) is 0 Å². The molecule has 0 unspecified atom stereocenters. The van der Waals surface area contributed by atoms with Gasteiger partial charge in [-0.1, -0.05) is 17.7 Å². The van der Waals surface area contributed by atoms with Crippen LogP contribution in [-0.4, -0.2) is 38.3 Å². The van der Waals surface area contributed by atoms with E-state index in [9.17, 15) is 13.2 Å². The first-order valence-corrected chi connectivity index (χ1v) is 8.72. The highest BCUT2D eigenvalue weighted by atomic mass is 35.5. The maximum atomic E-state index is 12.6. The lowest BCUT2D eigenvalue weighted by atomic mass is 10.2. The van der Waals surface area contributed by atoms with Gasteiger partial charge in [0.1, 0.15) is 11.6 Å². The van der Waals surface area contributed by atoms with Gasteiger partial charge in [0, 0.05) is 6.20 Å². The second kappa shape index (κ2) is 10.1. The van der Waals surface area contributed by atoms with E-state index < -0.39 is 11.7 Å². The van der Waals surface area contributed by atoms with Crippen LogP contribution in [0.4, 0.5) is 13.2 Å². The maximum absolute atomic E-state index is 12.6. The van der Waals surface area contributed by atoms with E-state index in [4.69, 9.17) is 31.5 Å². The van der Waals surface area contributed by atoms with E-state index in [1.54, 1.807) is 26.4 Å². The Kier molecular flexibility index (Phi) is 7.77. The Balaban J connectivity index is 1.82. The van der Waals surface area contributed by atoms with Gasteiger partial charge >= 0.3 is 6.18 Å². The molecule has 1 aromatic carbocycles. The van der Waals surface area contributed by atoms with Crippen molar-refractivity contribution in [3.05, 3.63) is 46.6 Å². The Morgan fingerprint density at radius 2 is 1.93 bits per heavy atom. The molecule has 0 saturated carbocycles. The molecule has 0 amide bonds. The van der Waals surface area contributed by atoms with Crippen molar-refractivity contribution in [3.8, 4) is 17.4 Å². The first-order chi connectivity index (χ1) is 13.7.